The molecule has 5 heteroatoms. The van der Waals surface area contributed by atoms with Crippen molar-refractivity contribution in [2.24, 2.45) is 0 Å². The fourth-order valence-corrected chi connectivity index (χ4v) is 1.76. The molecule has 0 saturated carbocycles. The van der Waals surface area contributed by atoms with Crippen LogP contribution in [0.5, 0.6) is 5.75 Å². The maximum absolute atomic E-state index is 13.6. The number of ether oxygens (including phenoxy) is 1. The summed E-state index contributed by atoms with van der Waals surface area (Å²) in [5, 5.41) is 0. The average molecular weight is 299 g/mol. The van der Waals surface area contributed by atoms with Gasteiger partial charge in [0, 0.05) is 0 Å². The van der Waals surface area contributed by atoms with E-state index in [0.29, 0.717) is 4.67 Å². The first-order chi connectivity index (χ1) is 8.13. The van der Waals surface area contributed by atoms with Crippen molar-refractivity contribution >= 4 is 21.7 Å². The van der Waals surface area contributed by atoms with E-state index in [-0.39, 0.29) is 17.1 Å². The molecule has 0 saturated heterocycles. The number of methoxy groups -OCH3 is 1. The van der Waals surface area contributed by atoms with Crippen molar-refractivity contribution in [2.45, 2.75) is 0 Å². The summed E-state index contributed by atoms with van der Waals surface area (Å²) in [4.78, 5) is 12.0. The molecule has 17 heavy (non-hydrogen) atoms. The summed E-state index contributed by atoms with van der Waals surface area (Å²) in [7, 11) is 1.38. The van der Waals surface area contributed by atoms with Crippen LogP contribution in [0.3, 0.4) is 0 Å². The Hall–Kier alpha value is -1.62. The van der Waals surface area contributed by atoms with Crippen molar-refractivity contribution in [3.63, 3.8) is 0 Å². The Morgan fingerprint density at radius 2 is 2.12 bits per heavy atom. The molecule has 0 atom stereocenters. The number of halogens is 2. The Kier molecular flexibility index (Phi) is 3.28. The molecule has 0 aliphatic rings. The lowest BCUT2D eigenvalue weighted by atomic mass is 10.1. The molecule has 2 rings (SSSR count). The highest BCUT2D eigenvalue weighted by molar-refractivity contribution is 9.10. The SMILES string of the molecule is COc1cccc(F)c1C(=O)c1ccc(Br)o1. The van der Waals surface area contributed by atoms with Gasteiger partial charge in [0.2, 0.25) is 5.78 Å². The summed E-state index contributed by atoms with van der Waals surface area (Å²) in [6.07, 6.45) is 0. The third kappa shape index (κ3) is 2.24. The molecular weight excluding hydrogens is 291 g/mol. The second-order valence-electron chi connectivity index (χ2n) is 3.25. The third-order valence-corrected chi connectivity index (χ3v) is 2.65. The van der Waals surface area contributed by atoms with Gasteiger partial charge in [-0.1, -0.05) is 6.07 Å². The van der Waals surface area contributed by atoms with Crippen LogP contribution in [0.4, 0.5) is 4.39 Å². The van der Waals surface area contributed by atoms with Crippen LogP contribution in [0.1, 0.15) is 16.1 Å². The summed E-state index contributed by atoms with van der Waals surface area (Å²) in [6, 6.07) is 7.24. The first-order valence-corrected chi connectivity index (χ1v) is 5.55. The number of rotatable bonds is 3. The zero-order valence-corrected chi connectivity index (χ0v) is 10.5. The second kappa shape index (κ2) is 4.71. The maximum atomic E-state index is 13.6. The van der Waals surface area contributed by atoms with Crippen LogP contribution in [-0.4, -0.2) is 12.9 Å². The molecule has 0 aliphatic carbocycles. The molecule has 0 spiro atoms. The summed E-state index contributed by atoms with van der Waals surface area (Å²) >= 11 is 3.08. The summed E-state index contributed by atoms with van der Waals surface area (Å²) in [5.74, 6) is -0.949. The molecule has 0 bridgehead atoms. The maximum Gasteiger partial charge on any atom is 0.234 e. The molecule has 0 aliphatic heterocycles. The predicted molar refractivity (Wildman–Crippen MR) is 62.8 cm³/mol. The van der Waals surface area contributed by atoms with E-state index in [1.165, 1.54) is 31.4 Å². The summed E-state index contributed by atoms with van der Waals surface area (Å²) < 4.78 is 24.1. The van der Waals surface area contributed by atoms with Crippen molar-refractivity contribution in [3.8, 4) is 5.75 Å². The van der Waals surface area contributed by atoms with Gasteiger partial charge in [-0.3, -0.25) is 4.79 Å². The van der Waals surface area contributed by atoms with E-state index in [9.17, 15) is 9.18 Å². The van der Waals surface area contributed by atoms with E-state index in [1.807, 2.05) is 0 Å². The average Bonchev–Trinajstić information content (AvgIpc) is 2.74. The predicted octanol–water partition coefficient (Wildman–Crippen LogP) is 3.42. The van der Waals surface area contributed by atoms with Gasteiger partial charge in [-0.05, 0) is 40.2 Å². The summed E-state index contributed by atoms with van der Waals surface area (Å²) in [5.41, 5.74) is -0.128. The van der Waals surface area contributed by atoms with Gasteiger partial charge in [0.05, 0.1) is 7.11 Å². The lowest BCUT2D eigenvalue weighted by Gasteiger charge is -2.06. The van der Waals surface area contributed by atoms with Crippen molar-refractivity contribution in [1.29, 1.82) is 0 Å². The van der Waals surface area contributed by atoms with Gasteiger partial charge in [-0.25, -0.2) is 4.39 Å². The Bertz CT molecular complexity index is 563. The normalized spacial score (nSPS) is 10.3. The van der Waals surface area contributed by atoms with Crippen LogP contribution in [0.15, 0.2) is 39.4 Å². The highest BCUT2D eigenvalue weighted by Crippen LogP contribution is 2.26. The molecule has 3 nitrogen and oxygen atoms in total. The van der Waals surface area contributed by atoms with E-state index in [2.05, 4.69) is 15.9 Å². The van der Waals surface area contributed by atoms with Crippen molar-refractivity contribution in [3.05, 3.63) is 52.1 Å². The monoisotopic (exact) mass is 298 g/mol. The van der Waals surface area contributed by atoms with Gasteiger partial charge in [0.25, 0.3) is 0 Å². The highest BCUT2D eigenvalue weighted by Gasteiger charge is 2.21. The molecule has 1 heterocycles. The number of hydrogen-bond acceptors (Lipinski definition) is 3. The zero-order valence-electron chi connectivity index (χ0n) is 8.87. The van der Waals surface area contributed by atoms with Crippen molar-refractivity contribution in [1.82, 2.24) is 0 Å². The molecule has 88 valence electrons. The first-order valence-electron chi connectivity index (χ1n) is 4.76. The molecule has 1 aromatic heterocycles. The van der Waals surface area contributed by atoms with Crippen LogP contribution in [0.25, 0.3) is 0 Å². The molecule has 0 N–H and O–H groups in total. The minimum absolute atomic E-state index is 0.0558. The van der Waals surface area contributed by atoms with Crippen LogP contribution < -0.4 is 4.74 Å². The van der Waals surface area contributed by atoms with Crippen LogP contribution >= 0.6 is 15.9 Å². The first kappa shape index (κ1) is 11.9. The number of furan rings is 1. The molecule has 2 aromatic rings. The fraction of sp³-hybridized carbons (Fsp3) is 0.0833. The number of hydrogen-bond donors (Lipinski definition) is 0. The highest BCUT2D eigenvalue weighted by atomic mass is 79.9. The molecule has 0 unspecified atom stereocenters. The Morgan fingerprint density at radius 1 is 1.35 bits per heavy atom. The fourth-order valence-electron chi connectivity index (χ4n) is 1.45. The topological polar surface area (TPSA) is 39.4 Å². The number of carbonyl (C=O) groups excluding carboxylic acids is 1. The van der Waals surface area contributed by atoms with E-state index >= 15 is 0 Å². The van der Waals surface area contributed by atoms with Gasteiger partial charge in [-0.2, -0.15) is 0 Å². The molecule has 0 fully saturated rings. The molecule has 0 radical (unpaired) electrons. The lowest BCUT2D eigenvalue weighted by molar-refractivity contribution is 0.100. The lowest BCUT2D eigenvalue weighted by Crippen LogP contribution is -2.05. The smallest absolute Gasteiger partial charge is 0.234 e. The number of benzene rings is 1. The second-order valence-corrected chi connectivity index (χ2v) is 4.03. The van der Waals surface area contributed by atoms with E-state index in [4.69, 9.17) is 9.15 Å². The standard InChI is InChI=1S/C12H8BrFO3/c1-16-8-4-2-3-7(14)11(8)12(15)9-5-6-10(13)17-9/h2-6H,1H3. The Balaban J connectivity index is 2.50. The van der Waals surface area contributed by atoms with Crippen LogP contribution in [-0.2, 0) is 0 Å². The van der Waals surface area contributed by atoms with Gasteiger partial charge >= 0.3 is 0 Å². The summed E-state index contributed by atoms with van der Waals surface area (Å²) in [6.45, 7) is 0. The molecule has 1 aromatic carbocycles. The molecule has 0 amide bonds. The minimum atomic E-state index is -0.637. The van der Waals surface area contributed by atoms with E-state index in [1.54, 1.807) is 6.07 Å². The Labute approximate surface area is 105 Å². The van der Waals surface area contributed by atoms with E-state index < -0.39 is 11.6 Å². The Morgan fingerprint density at radius 3 is 2.71 bits per heavy atom. The number of ketones is 1. The van der Waals surface area contributed by atoms with Crippen molar-refractivity contribution in [2.75, 3.05) is 7.11 Å². The zero-order chi connectivity index (χ0) is 12.4. The molecular formula is C12H8BrFO3. The van der Waals surface area contributed by atoms with Crippen LogP contribution in [0.2, 0.25) is 0 Å². The number of carbonyl (C=O) groups is 1. The van der Waals surface area contributed by atoms with Crippen LogP contribution in [0, 0.1) is 5.82 Å². The third-order valence-electron chi connectivity index (χ3n) is 2.22. The van der Waals surface area contributed by atoms with Gasteiger partial charge in [0.15, 0.2) is 10.4 Å². The van der Waals surface area contributed by atoms with Gasteiger partial charge in [-0.15, -0.1) is 0 Å². The van der Waals surface area contributed by atoms with Crippen molar-refractivity contribution < 1.29 is 18.3 Å². The van der Waals surface area contributed by atoms with Gasteiger partial charge < -0.3 is 9.15 Å². The quantitative estimate of drug-likeness (QED) is 0.815. The van der Waals surface area contributed by atoms with E-state index in [0.717, 1.165) is 0 Å². The minimum Gasteiger partial charge on any atom is -0.496 e. The van der Waals surface area contributed by atoms with Gasteiger partial charge in [0.1, 0.15) is 17.1 Å². The largest absolute Gasteiger partial charge is 0.496 e.